The van der Waals surface area contributed by atoms with Gasteiger partial charge in [-0.05, 0) is 28.3 Å². The molecule has 0 saturated heterocycles. The zero-order chi connectivity index (χ0) is 9.14. The Hall–Kier alpha value is -0.0900. The first-order chi connectivity index (χ1) is 5.66. The van der Waals surface area contributed by atoms with E-state index in [4.69, 9.17) is 0 Å². The summed E-state index contributed by atoms with van der Waals surface area (Å²) in [6, 6.07) is 3.10. The molecule has 0 aromatic heterocycles. The van der Waals surface area contributed by atoms with Gasteiger partial charge in [-0.2, -0.15) is 11.8 Å². The summed E-state index contributed by atoms with van der Waals surface area (Å²) in [5.41, 5.74) is 0.406. The van der Waals surface area contributed by atoms with Gasteiger partial charge in [-0.3, -0.25) is 0 Å². The van der Waals surface area contributed by atoms with Crippen molar-refractivity contribution < 1.29 is 8.78 Å². The Labute approximate surface area is 82.5 Å². The highest BCUT2D eigenvalue weighted by atomic mass is 79.9. The van der Waals surface area contributed by atoms with Gasteiger partial charge in [-0.15, -0.1) is 0 Å². The normalized spacial score (nSPS) is 10.3. The van der Waals surface area contributed by atoms with Crippen LogP contribution in [-0.4, -0.2) is 6.26 Å². The van der Waals surface area contributed by atoms with Crippen LogP contribution in [0.25, 0.3) is 0 Å². The van der Waals surface area contributed by atoms with Gasteiger partial charge in [0.25, 0.3) is 0 Å². The van der Waals surface area contributed by atoms with Gasteiger partial charge in [0.05, 0.1) is 4.47 Å². The third-order valence-corrected chi connectivity index (χ3v) is 2.63. The highest BCUT2D eigenvalue weighted by molar-refractivity contribution is 9.10. The topological polar surface area (TPSA) is 0 Å². The molecule has 0 saturated carbocycles. The molecule has 66 valence electrons. The second-order valence-electron chi connectivity index (χ2n) is 2.27. The molecule has 0 N–H and O–H groups in total. The monoisotopic (exact) mass is 252 g/mol. The first-order valence-corrected chi connectivity index (χ1v) is 5.46. The van der Waals surface area contributed by atoms with Crippen molar-refractivity contribution in [3.8, 4) is 0 Å². The third kappa shape index (κ3) is 1.98. The van der Waals surface area contributed by atoms with Gasteiger partial charge in [0.1, 0.15) is 0 Å². The maximum absolute atomic E-state index is 13.0. The fraction of sp³-hybridized carbons (Fsp3) is 0.250. The second-order valence-corrected chi connectivity index (χ2v) is 3.99. The Balaban J connectivity index is 3.08. The predicted octanol–water partition coefficient (Wildman–Crippen LogP) is 3.59. The molecule has 0 nitrogen and oxygen atoms in total. The van der Waals surface area contributed by atoms with Crippen molar-refractivity contribution in [3.63, 3.8) is 0 Å². The van der Waals surface area contributed by atoms with E-state index >= 15 is 0 Å². The molecule has 1 aromatic rings. The fourth-order valence-corrected chi connectivity index (χ4v) is 1.67. The second kappa shape index (κ2) is 4.23. The molecule has 0 aliphatic rings. The van der Waals surface area contributed by atoms with Crippen LogP contribution in [0.4, 0.5) is 8.78 Å². The van der Waals surface area contributed by atoms with Gasteiger partial charge in [0.15, 0.2) is 11.6 Å². The van der Waals surface area contributed by atoms with Crippen molar-refractivity contribution in [2.24, 2.45) is 0 Å². The molecule has 0 atom stereocenters. The Bertz CT molecular complexity index is 289. The lowest BCUT2D eigenvalue weighted by Gasteiger charge is -2.02. The van der Waals surface area contributed by atoms with Crippen molar-refractivity contribution in [2.45, 2.75) is 5.75 Å². The van der Waals surface area contributed by atoms with Gasteiger partial charge in [-0.1, -0.05) is 6.07 Å². The van der Waals surface area contributed by atoms with Crippen molar-refractivity contribution >= 4 is 27.7 Å². The molecule has 0 heterocycles. The van der Waals surface area contributed by atoms with E-state index in [1.54, 1.807) is 6.07 Å². The summed E-state index contributed by atoms with van der Waals surface area (Å²) in [4.78, 5) is 0. The van der Waals surface area contributed by atoms with Crippen molar-refractivity contribution in [1.82, 2.24) is 0 Å². The van der Waals surface area contributed by atoms with E-state index in [1.807, 2.05) is 6.26 Å². The zero-order valence-electron chi connectivity index (χ0n) is 6.40. The van der Waals surface area contributed by atoms with E-state index in [9.17, 15) is 8.78 Å². The van der Waals surface area contributed by atoms with Crippen LogP contribution in [0, 0.1) is 11.6 Å². The molecule has 0 radical (unpaired) electrons. The molecule has 0 bridgehead atoms. The SMILES string of the molecule is CSCc1ccc(Br)c(F)c1F. The summed E-state index contributed by atoms with van der Waals surface area (Å²) in [5, 5.41) is 0. The van der Waals surface area contributed by atoms with Gasteiger partial charge in [0.2, 0.25) is 0 Å². The third-order valence-electron chi connectivity index (χ3n) is 1.42. The summed E-state index contributed by atoms with van der Waals surface area (Å²) in [6.45, 7) is 0. The van der Waals surface area contributed by atoms with E-state index in [2.05, 4.69) is 15.9 Å². The standard InChI is InChI=1S/C8H7BrF2S/c1-12-4-5-2-3-6(9)8(11)7(5)10/h2-3H,4H2,1H3. The van der Waals surface area contributed by atoms with Crippen LogP contribution in [0.15, 0.2) is 16.6 Å². The zero-order valence-corrected chi connectivity index (χ0v) is 8.81. The van der Waals surface area contributed by atoms with Gasteiger partial charge in [-0.25, -0.2) is 8.78 Å². The molecule has 0 aliphatic carbocycles. The van der Waals surface area contributed by atoms with Crippen LogP contribution >= 0.6 is 27.7 Å². The van der Waals surface area contributed by atoms with Gasteiger partial charge in [0, 0.05) is 11.3 Å². The minimum absolute atomic E-state index is 0.171. The molecule has 1 rings (SSSR count). The van der Waals surface area contributed by atoms with Crippen LogP contribution in [-0.2, 0) is 5.75 Å². The van der Waals surface area contributed by atoms with Crippen LogP contribution in [0.2, 0.25) is 0 Å². The highest BCUT2D eigenvalue weighted by Gasteiger charge is 2.10. The van der Waals surface area contributed by atoms with Crippen molar-refractivity contribution in [1.29, 1.82) is 0 Å². The van der Waals surface area contributed by atoms with Gasteiger partial charge >= 0.3 is 0 Å². The maximum Gasteiger partial charge on any atom is 0.173 e. The highest BCUT2D eigenvalue weighted by Crippen LogP contribution is 2.22. The van der Waals surface area contributed by atoms with Crippen LogP contribution in [0.3, 0.4) is 0 Å². The summed E-state index contributed by atoms with van der Waals surface area (Å²) in [6.07, 6.45) is 1.85. The quantitative estimate of drug-likeness (QED) is 0.726. The maximum atomic E-state index is 13.0. The predicted molar refractivity (Wildman–Crippen MR) is 51.3 cm³/mol. The van der Waals surface area contributed by atoms with Crippen LogP contribution < -0.4 is 0 Å². The minimum atomic E-state index is -0.804. The Morgan fingerprint density at radius 1 is 1.33 bits per heavy atom. The number of thioether (sulfide) groups is 1. The first-order valence-electron chi connectivity index (χ1n) is 3.28. The van der Waals surface area contributed by atoms with E-state index in [-0.39, 0.29) is 4.47 Å². The molecule has 1 aromatic carbocycles. The lowest BCUT2D eigenvalue weighted by atomic mass is 10.2. The van der Waals surface area contributed by atoms with Gasteiger partial charge < -0.3 is 0 Å². The Morgan fingerprint density at radius 3 is 2.58 bits per heavy atom. The Morgan fingerprint density at radius 2 is 2.00 bits per heavy atom. The van der Waals surface area contributed by atoms with Crippen LogP contribution in [0.5, 0.6) is 0 Å². The molecular formula is C8H7BrF2S. The summed E-state index contributed by atoms with van der Waals surface area (Å²) in [5.74, 6) is -1.06. The average Bonchev–Trinajstić information content (AvgIpc) is 2.07. The molecule has 0 spiro atoms. The minimum Gasteiger partial charge on any atom is -0.203 e. The molecule has 0 aliphatic heterocycles. The number of hydrogen-bond donors (Lipinski definition) is 0. The molecule has 12 heavy (non-hydrogen) atoms. The van der Waals surface area contributed by atoms with Crippen LogP contribution in [0.1, 0.15) is 5.56 Å². The van der Waals surface area contributed by atoms with Crippen molar-refractivity contribution in [2.75, 3.05) is 6.26 Å². The lowest BCUT2D eigenvalue weighted by Crippen LogP contribution is -1.92. The first kappa shape index (κ1) is 9.99. The van der Waals surface area contributed by atoms with E-state index < -0.39 is 11.6 Å². The summed E-state index contributed by atoms with van der Waals surface area (Å²) >= 11 is 4.37. The molecule has 0 fully saturated rings. The molecular weight excluding hydrogens is 246 g/mol. The summed E-state index contributed by atoms with van der Waals surface area (Å²) in [7, 11) is 0. The smallest absolute Gasteiger partial charge is 0.173 e. The number of hydrogen-bond acceptors (Lipinski definition) is 1. The summed E-state index contributed by atoms with van der Waals surface area (Å²) < 4.78 is 26.1. The van der Waals surface area contributed by atoms with E-state index in [0.717, 1.165) is 0 Å². The molecule has 4 heteroatoms. The molecule has 0 amide bonds. The van der Waals surface area contributed by atoms with Crippen molar-refractivity contribution in [3.05, 3.63) is 33.8 Å². The lowest BCUT2D eigenvalue weighted by molar-refractivity contribution is 0.498. The Kier molecular flexibility index (Phi) is 3.53. The van der Waals surface area contributed by atoms with E-state index in [1.165, 1.54) is 17.8 Å². The average molecular weight is 253 g/mol. The van der Waals surface area contributed by atoms with E-state index in [0.29, 0.717) is 11.3 Å². The number of rotatable bonds is 2. The molecule has 0 unspecified atom stereocenters. The number of halogens is 3. The largest absolute Gasteiger partial charge is 0.203 e. The fourth-order valence-electron chi connectivity index (χ4n) is 0.833. The number of benzene rings is 1.